The fourth-order valence-corrected chi connectivity index (χ4v) is 5.06. The number of hydrogen-bond donors (Lipinski definition) is 0. The Hall–Kier alpha value is -1.78. The predicted octanol–water partition coefficient (Wildman–Crippen LogP) is 7.75. The highest BCUT2D eigenvalue weighted by molar-refractivity contribution is 5.29. The van der Waals surface area contributed by atoms with Gasteiger partial charge < -0.3 is 4.74 Å². The molecule has 0 atom stereocenters. The lowest BCUT2D eigenvalue weighted by Gasteiger charge is -2.37. The molecule has 1 nitrogen and oxygen atoms in total. The summed E-state index contributed by atoms with van der Waals surface area (Å²) >= 11 is 0. The number of alkyl halides is 3. The van der Waals surface area contributed by atoms with Gasteiger partial charge in [0.2, 0.25) is 0 Å². The fourth-order valence-electron chi connectivity index (χ4n) is 5.06. The van der Waals surface area contributed by atoms with Crippen LogP contribution < -0.4 is 4.74 Å². The minimum atomic E-state index is -4.56. The average molecular weight is 410 g/mol. The standard InChI is InChI=1S/C24H30F4O/c1-2-15-29-22-13-11-20(12-14-22)18-5-3-17(4-6-18)19-7-9-21(10-8-19)23(25)16-24(26,27)28/h2,11-14,16-19,21H,1,3-10,15H2. The number of allylic oxidation sites excluding steroid dienone is 2. The van der Waals surface area contributed by atoms with Crippen LogP contribution in [-0.4, -0.2) is 12.8 Å². The Balaban J connectivity index is 1.45. The van der Waals surface area contributed by atoms with E-state index in [-0.39, 0.29) is 6.08 Å². The molecule has 2 saturated carbocycles. The first-order valence-electron chi connectivity index (χ1n) is 10.6. The lowest BCUT2D eigenvalue weighted by molar-refractivity contribution is -0.0821. The third-order valence-electron chi connectivity index (χ3n) is 6.62. The summed E-state index contributed by atoms with van der Waals surface area (Å²) in [6.07, 6.45) is 4.34. The van der Waals surface area contributed by atoms with Gasteiger partial charge in [-0.1, -0.05) is 24.8 Å². The monoisotopic (exact) mass is 410 g/mol. The Morgan fingerprint density at radius 2 is 1.48 bits per heavy atom. The lowest BCUT2D eigenvalue weighted by atomic mass is 9.68. The minimum Gasteiger partial charge on any atom is -0.490 e. The Morgan fingerprint density at radius 1 is 0.931 bits per heavy atom. The van der Waals surface area contributed by atoms with Crippen molar-refractivity contribution in [2.75, 3.05) is 6.61 Å². The SMILES string of the molecule is C=CCOc1ccc(C2CCC(C3CCC(C(F)=CC(F)(F)F)CC3)CC2)cc1. The molecule has 2 fully saturated rings. The number of halogens is 4. The van der Waals surface area contributed by atoms with Crippen LogP contribution in [0.5, 0.6) is 5.75 Å². The molecule has 1 aromatic rings. The first kappa shape index (κ1) is 21.9. The zero-order valence-electron chi connectivity index (χ0n) is 16.8. The van der Waals surface area contributed by atoms with E-state index in [4.69, 9.17) is 4.74 Å². The zero-order valence-corrected chi connectivity index (χ0v) is 16.8. The maximum absolute atomic E-state index is 13.8. The molecule has 2 aliphatic carbocycles. The summed E-state index contributed by atoms with van der Waals surface area (Å²) in [4.78, 5) is 0. The smallest absolute Gasteiger partial charge is 0.412 e. The van der Waals surface area contributed by atoms with Gasteiger partial charge in [0, 0.05) is 5.92 Å². The molecule has 0 spiro atoms. The highest BCUT2D eigenvalue weighted by atomic mass is 19.4. The van der Waals surface area contributed by atoms with E-state index >= 15 is 0 Å². The van der Waals surface area contributed by atoms with Crippen molar-refractivity contribution in [2.24, 2.45) is 17.8 Å². The third kappa shape index (κ3) is 6.35. The van der Waals surface area contributed by atoms with Crippen LogP contribution in [0.1, 0.15) is 62.8 Å². The fraction of sp³-hybridized carbons (Fsp3) is 0.583. The number of ether oxygens (including phenoxy) is 1. The molecular weight excluding hydrogens is 380 g/mol. The van der Waals surface area contributed by atoms with E-state index < -0.39 is 17.9 Å². The van der Waals surface area contributed by atoms with Gasteiger partial charge in [-0.15, -0.1) is 0 Å². The molecule has 5 heteroatoms. The molecule has 1 aromatic carbocycles. The molecule has 0 saturated heterocycles. The first-order chi connectivity index (χ1) is 13.9. The van der Waals surface area contributed by atoms with Gasteiger partial charge in [-0.3, -0.25) is 0 Å². The molecule has 2 aliphatic rings. The highest BCUT2D eigenvalue weighted by Gasteiger charge is 2.34. The Morgan fingerprint density at radius 3 is 2.00 bits per heavy atom. The van der Waals surface area contributed by atoms with Gasteiger partial charge in [0.15, 0.2) is 0 Å². The summed E-state index contributed by atoms with van der Waals surface area (Å²) in [5, 5.41) is 0. The quantitative estimate of drug-likeness (QED) is 0.344. The molecule has 0 bridgehead atoms. The van der Waals surface area contributed by atoms with Crippen molar-refractivity contribution in [3.63, 3.8) is 0 Å². The zero-order chi connectivity index (χ0) is 20.9. The molecule has 29 heavy (non-hydrogen) atoms. The summed E-state index contributed by atoms with van der Waals surface area (Å²) in [7, 11) is 0. The van der Waals surface area contributed by atoms with Crippen LogP contribution in [-0.2, 0) is 0 Å². The molecule has 160 valence electrons. The van der Waals surface area contributed by atoms with E-state index in [9.17, 15) is 17.6 Å². The van der Waals surface area contributed by atoms with E-state index in [1.165, 1.54) is 5.56 Å². The van der Waals surface area contributed by atoms with Crippen LogP contribution in [0.25, 0.3) is 0 Å². The third-order valence-corrected chi connectivity index (χ3v) is 6.62. The van der Waals surface area contributed by atoms with Gasteiger partial charge in [0.1, 0.15) is 18.2 Å². The van der Waals surface area contributed by atoms with Crippen molar-refractivity contribution >= 4 is 0 Å². The van der Waals surface area contributed by atoms with E-state index in [1.807, 2.05) is 12.1 Å². The largest absolute Gasteiger partial charge is 0.490 e. The van der Waals surface area contributed by atoms with Crippen LogP contribution in [0, 0.1) is 17.8 Å². The molecule has 3 rings (SSSR count). The van der Waals surface area contributed by atoms with Crippen LogP contribution in [0.3, 0.4) is 0 Å². The summed E-state index contributed by atoms with van der Waals surface area (Å²) in [5.41, 5.74) is 1.34. The van der Waals surface area contributed by atoms with Gasteiger partial charge in [-0.2, -0.15) is 13.2 Å². The summed E-state index contributed by atoms with van der Waals surface area (Å²) < 4.78 is 56.4. The molecule has 0 N–H and O–H groups in total. The second-order valence-electron chi connectivity index (χ2n) is 8.46. The number of rotatable bonds is 6. The van der Waals surface area contributed by atoms with Crippen molar-refractivity contribution in [3.8, 4) is 5.75 Å². The summed E-state index contributed by atoms with van der Waals surface area (Å²) in [6.45, 7) is 4.15. The minimum absolute atomic E-state index is 0.156. The van der Waals surface area contributed by atoms with E-state index in [0.717, 1.165) is 44.3 Å². The molecule has 0 unspecified atom stereocenters. The van der Waals surface area contributed by atoms with E-state index in [0.29, 0.717) is 37.2 Å². The second-order valence-corrected chi connectivity index (χ2v) is 8.46. The maximum atomic E-state index is 13.8. The lowest BCUT2D eigenvalue weighted by Crippen LogP contribution is -2.25. The molecule has 0 amide bonds. The van der Waals surface area contributed by atoms with Crippen LogP contribution in [0.15, 0.2) is 48.8 Å². The topological polar surface area (TPSA) is 9.23 Å². The van der Waals surface area contributed by atoms with Crippen molar-refractivity contribution in [2.45, 2.75) is 63.5 Å². The highest BCUT2D eigenvalue weighted by Crippen LogP contribution is 2.45. The number of benzene rings is 1. The average Bonchev–Trinajstić information content (AvgIpc) is 2.72. The van der Waals surface area contributed by atoms with Crippen molar-refractivity contribution in [1.29, 1.82) is 0 Å². The summed E-state index contributed by atoms with van der Waals surface area (Å²) in [6, 6.07) is 8.30. The van der Waals surface area contributed by atoms with Gasteiger partial charge >= 0.3 is 6.18 Å². The van der Waals surface area contributed by atoms with Crippen LogP contribution in [0.2, 0.25) is 0 Å². The predicted molar refractivity (Wildman–Crippen MR) is 108 cm³/mol. The van der Waals surface area contributed by atoms with Crippen LogP contribution in [0.4, 0.5) is 17.6 Å². The van der Waals surface area contributed by atoms with Gasteiger partial charge in [0.05, 0.1) is 6.08 Å². The molecule has 0 aliphatic heterocycles. The number of hydrogen-bond acceptors (Lipinski definition) is 1. The Labute approximate surface area is 170 Å². The Kier molecular flexibility index (Phi) is 7.42. The van der Waals surface area contributed by atoms with Crippen molar-refractivity contribution in [1.82, 2.24) is 0 Å². The molecule has 0 heterocycles. The summed E-state index contributed by atoms with van der Waals surface area (Å²) in [5.74, 6) is 1.03. The molecule has 0 radical (unpaired) electrons. The van der Waals surface area contributed by atoms with Gasteiger partial charge in [-0.05, 0) is 86.8 Å². The normalized spacial score (nSPS) is 28.8. The van der Waals surface area contributed by atoms with Crippen molar-refractivity contribution in [3.05, 3.63) is 54.4 Å². The molecule has 0 aromatic heterocycles. The Bertz CT molecular complexity index is 676. The maximum Gasteiger partial charge on any atom is 0.412 e. The van der Waals surface area contributed by atoms with Crippen molar-refractivity contribution < 1.29 is 22.3 Å². The second kappa shape index (κ2) is 9.82. The van der Waals surface area contributed by atoms with Crippen LogP contribution >= 0.6 is 0 Å². The van der Waals surface area contributed by atoms with E-state index in [2.05, 4.69) is 18.7 Å². The first-order valence-corrected chi connectivity index (χ1v) is 10.6. The van der Waals surface area contributed by atoms with Gasteiger partial charge in [0.25, 0.3) is 0 Å². The van der Waals surface area contributed by atoms with Gasteiger partial charge in [-0.25, -0.2) is 4.39 Å². The molecular formula is C24H30F4O. The van der Waals surface area contributed by atoms with E-state index in [1.54, 1.807) is 6.08 Å².